The molecule has 3 heteroatoms. The normalized spacial score (nSPS) is 10.9. The Bertz CT molecular complexity index is 537. The molecule has 1 nitrogen and oxygen atoms in total. The molecule has 0 amide bonds. The second-order valence-electron chi connectivity index (χ2n) is 4.43. The zero-order valence-corrected chi connectivity index (χ0v) is 11.8. The highest BCUT2D eigenvalue weighted by atomic mass is 79.9. The van der Waals surface area contributed by atoms with Gasteiger partial charge < -0.3 is 4.57 Å². The van der Waals surface area contributed by atoms with Gasteiger partial charge in [0.25, 0.3) is 0 Å². The van der Waals surface area contributed by atoms with Crippen LogP contribution < -0.4 is 0 Å². The Balaban J connectivity index is 2.34. The molecule has 0 bridgehead atoms. The number of rotatable bonds is 2. The Kier molecular flexibility index (Phi) is 3.38. The summed E-state index contributed by atoms with van der Waals surface area (Å²) in [5.41, 5.74) is 4.79. The highest BCUT2D eigenvalue weighted by molar-refractivity contribution is 9.10. The topological polar surface area (TPSA) is 4.93 Å². The zero-order valence-electron chi connectivity index (χ0n) is 10.2. The largest absolute Gasteiger partial charge is 0.347 e. The van der Waals surface area contributed by atoms with E-state index in [-0.39, 0.29) is 5.82 Å². The molecular weight excluding hydrogens is 281 g/mol. The van der Waals surface area contributed by atoms with Crippen molar-refractivity contribution in [2.75, 3.05) is 0 Å². The molecule has 90 valence electrons. The summed E-state index contributed by atoms with van der Waals surface area (Å²) in [6.07, 6.45) is 2.11. The fourth-order valence-electron chi connectivity index (χ4n) is 1.99. The number of nitrogens with zero attached hydrogens (tertiary/aromatic N) is 1. The van der Waals surface area contributed by atoms with E-state index in [1.807, 2.05) is 6.07 Å². The van der Waals surface area contributed by atoms with Gasteiger partial charge in [-0.2, -0.15) is 0 Å². The second kappa shape index (κ2) is 4.65. The number of benzene rings is 1. The van der Waals surface area contributed by atoms with E-state index in [1.165, 1.54) is 22.9 Å². The van der Waals surface area contributed by atoms with Gasteiger partial charge in [-0.25, -0.2) is 4.39 Å². The third-order valence-electron chi connectivity index (χ3n) is 3.19. The highest BCUT2D eigenvalue weighted by Gasteiger charge is 2.06. The lowest BCUT2D eigenvalue weighted by Crippen LogP contribution is -2.01. The molecule has 0 fully saturated rings. The molecule has 1 aromatic heterocycles. The van der Waals surface area contributed by atoms with E-state index in [0.717, 1.165) is 10.0 Å². The molecule has 0 unspecified atom stereocenters. The third-order valence-corrected chi connectivity index (χ3v) is 3.65. The molecule has 1 heterocycles. The first-order valence-electron chi connectivity index (χ1n) is 5.55. The molecule has 17 heavy (non-hydrogen) atoms. The molecule has 0 N–H and O–H groups in total. The molecule has 0 aliphatic heterocycles. The van der Waals surface area contributed by atoms with Gasteiger partial charge in [-0.15, -0.1) is 0 Å². The summed E-state index contributed by atoms with van der Waals surface area (Å²) < 4.78 is 16.2. The third kappa shape index (κ3) is 2.60. The molecule has 0 saturated heterocycles. The van der Waals surface area contributed by atoms with Crippen molar-refractivity contribution in [1.29, 1.82) is 0 Å². The maximum absolute atomic E-state index is 13.3. The Morgan fingerprint density at radius 2 is 1.88 bits per heavy atom. The first-order chi connectivity index (χ1) is 7.97. The average molecular weight is 296 g/mol. The van der Waals surface area contributed by atoms with Crippen LogP contribution >= 0.6 is 15.9 Å². The summed E-state index contributed by atoms with van der Waals surface area (Å²) in [5.74, 6) is -0.201. The quantitative estimate of drug-likeness (QED) is 0.776. The summed E-state index contributed by atoms with van der Waals surface area (Å²) >= 11 is 3.32. The van der Waals surface area contributed by atoms with Gasteiger partial charge in [0, 0.05) is 22.9 Å². The summed E-state index contributed by atoms with van der Waals surface area (Å²) in [7, 11) is 0. The van der Waals surface area contributed by atoms with Crippen LogP contribution in [0.25, 0.3) is 0 Å². The molecule has 0 saturated carbocycles. The average Bonchev–Trinajstić information content (AvgIpc) is 2.45. The first kappa shape index (κ1) is 12.4. The van der Waals surface area contributed by atoms with Gasteiger partial charge in [0.05, 0.1) is 0 Å². The Hall–Kier alpha value is -1.09. The fraction of sp³-hybridized carbons (Fsp3) is 0.286. The molecule has 2 rings (SSSR count). The van der Waals surface area contributed by atoms with Crippen LogP contribution in [-0.2, 0) is 6.54 Å². The second-order valence-corrected chi connectivity index (χ2v) is 5.34. The van der Waals surface area contributed by atoms with Crippen molar-refractivity contribution in [3.63, 3.8) is 0 Å². The van der Waals surface area contributed by atoms with Crippen molar-refractivity contribution in [1.82, 2.24) is 4.57 Å². The zero-order chi connectivity index (χ0) is 12.6. The van der Waals surface area contributed by atoms with E-state index in [0.29, 0.717) is 6.54 Å². The van der Waals surface area contributed by atoms with Crippen molar-refractivity contribution < 1.29 is 4.39 Å². The summed E-state index contributed by atoms with van der Waals surface area (Å²) in [6.45, 7) is 7.01. The van der Waals surface area contributed by atoms with Gasteiger partial charge in [0.15, 0.2) is 0 Å². The lowest BCUT2D eigenvalue weighted by Gasteiger charge is -2.07. The van der Waals surface area contributed by atoms with E-state index in [4.69, 9.17) is 0 Å². The SMILES string of the molecule is Cc1cn(Cc2cc(F)cc(Br)c2)c(C)c1C. The summed E-state index contributed by atoms with van der Waals surface area (Å²) in [5, 5.41) is 0. The van der Waals surface area contributed by atoms with Gasteiger partial charge in [-0.1, -0.05) is 15.9 Å². The van der Waals surface area contributed by atoms with Gasteiger partial charge in [-0.3, -0.25) is 0 Å². The monoisotopic (exact) mass is 295 g/mol. The van der Waals surface area contributed by atoms with Crippen molar-refractivity contribution in [3.05, 3.63) is 57.1 Å². The standard InChI is InChI=1S/C14H15BrFN/c1-9-7-17(11(3)10(9)2)8-12-4-13(15)6-14(16)5-12/h4-7H,8H2,1-3H3. The number of hydrogen-bond acceptors (Lipinski definition) is 0. The predicted molar refractivity (Wildman–Crippen MR) is 71.8 cm³/mol. The minimum Gasteiger partial charge on any atom is -0.347 e. The predicted octanol–water partition coefficient (Wildman–Crippen LogP) is 4.36. The van der Waals surface area contributed by atoms with Crippen LogP contribution in [0, 0.1) is 26.6 Å². The van der Waals surface area contributed by atoms with E-state index >= 15 is 0 Å². The highest BCUT2D eigenvalue weighted by Crippen LogP contribution is 2.19. The fourth-order valence-corrected chi connectivity index (χ4v) is 2.50. The first-order valence-corrected chi connectivity index (χ1v) is 6.34. The van der Waals surface area contributed by atoms with Crippen LogP contribution in [0.2, 0.25) is 0 Å². The Labute approximate surface area is 109 Å². The number of hydrogen-bond donors (Lipinski definition) is 0. The molecule has 2 aromatic rings. The molecule has 0 aliphatic carbocycles. The van der Waals surface area contributed by atoms with Crippen LogP contribution in [0.4, 0.5) is 4.39 Å². The van der Waals surface area contributed by atoms with E-state index in [1.54, 1.807) is 6.07 Å². The minimum atomic E-state index is -0.201. The van der Waals surface area contributed by atoms with Crippen molar-refractivity contribution in [2.45, 2.75) is 27.3 Å². The molecule has 0 atom stereocenters. The van der Waals surface area contributed by atoms with Gasteiger partial charge in [0.1, 0.15) is 5.82 Å². The minimum absolute atomic E-state index is 0.201. The van der Waals surface area contributed by atoms with Gasteiger partial charge in [-0.05, 0) is 55.7 Å². The summed E-state index contributed by atoms with van der Waals surface area (Å²) in [6, 6.07) is 5.00. The lowest BCUT2D eigenvalue weighted by molar-refractivity contribution is 0.622. The Morgan fingerprint density at radius 3 is 2.41 bits per heavy atom. The molecule has 0 spiro atoms. The smallest absolute Gasteiger partial charge is 0.124 e. The van der Waals surface area contributed by atoms with Crippen LogP contribution in [0.5, 0.6) is 0 Å². The molecule has 0 aliphatic rings. The number of aromatic nitrogens is 1. The maximum Gasteiger partial charge on any atom is 0.124 e. The van der Waals surface area contributed by atoms with Crippen molar-refractivity contribution in [3.8, 4) is 0 Å². The van der Waals surface area contributed by atoms with E-state index in [2.05, 4.69) is 47.5 Å². The Morgan fingerprint density at radius 1 is 1.18 bits per heavy atom. The summed E-state index contributed by atoms with van der Waals surface area (Å²) in [4.78, 5) is 0. The van der Waals surface area contributed by atoms with Gasteiger partial charge in [0.2, 0.25) is 0 Å². The van der Waals surface area contributed by atoms with Gasteiger partial charge >= 0.3 is 0 Å². The van der Waals surface area contributed by atoms with Crippen LogP contribution in [-0.4, -0.2) is 4.57 Å². The molecule has 0 radical (unpaired) electrons. The molecular formula is C14H15BrFN. The number of halogens is 2. The molecule has 1 aromatic carbocycles. The maximum atomic E-state index is 13.3. The van der Waals surface area contributed by atoms with Crippen LogP contribution in [0.3, 0.4) is 0 Å². The van der Waals surface area contributed by atoms with Crippen molar-refractivity contribution >= 4 is 15.9 Å². The van der Waals surface area contributed by atoms with Crippen molar-refractivity contribution in [2.24, 2.45) is 0 Å². The number of aryl methyl sites for hydroxylation is 1. The van der Waals surface area contributed by atoms with E-state index < -0.39 is 0 Å². The van der Waals surface area contributed by atoms with Crippen LogP contribution in [0.15, 0.2) is 28.9 Å². The van der Waals surface area contributed by atoms with E-state index in [9.17, 15) is 4.39 Å². The lowest BCUT2D eigenvalue weighted by atomic mass is 10.2. The van der Waals surface area contributed by atoms with Crippen LogP contribution in [0.1, 0.15) is 22.4 Å².